The molecule has 0 N–H and O–H groups in total. The zero-order valence-electron chi connectivity index (χ0n) is 29.0. The van der Waals surface area contributed by atoms with E-state index in [0.717, 1.165) is 59.3 Å². The largest absolute Gasteiger partial charge is 0.493 e. The third kappa shape index (κ3) is 11.9. The Kier molecular flexibility index (Phi) is 15.8. The lowest BCUT2D eigenvalue weighted by Crippen LogP contribution is -3.44. The second-order valence-corrected chi connectivity index (χ2v) is 14.6. The number of benzene rings is 3. The molecule has 0 radical (unpaired) electrons. The van der Waals surface area contributed by atoms with Crippen LogP contribution in [0, 0.1) is 0 Å². The Hall–Kier alpha value is -3.47. The van der Waals surface area contributed by atoms with Crippen molar-refractivity contribution in [2.75, 3.05) is 47.3 Å². The quantitative estimate of drug-likeness (QED) is 0.0556. The van der Waals surface area contributed by atoms with Gasteiger partial charge in [-0.2, -0.15) is 0 Å². The van der Waals surface area contributed by atoms with Gasteiger partial charge in [0.25, 0.3) is 22.6 Å². The molecule has 0 heterocycles. The minimum atomic E-state index is -0.398. The van der Waals surface area contributed by atoms with E-state index < -0.39 is 5.97 Å². The molecule has 258 valence electrons. The molecule has 0 aliphatic rings. The van der Waals surface area contributed by atoms with Gasteiger partial charge < -0.3 is 23.7 Å². The summed E-state index contributed by atoms with van der Waals surface area (Å²) in [5.41, 5.74) is 8.73. The molecule has 0 aliphatic heterocycles. The van der Waals surface area contributed by atoms with Crippen LogP contribution in [0.15, 0.2) is 85.0 Å². The summed E-state index contributed by atoms with van der Waals surface area (Å²) in [6, 6.07) is 21.4. The molecule has 0 fully saturated rings. The van der Waals surface area contributed by atoms with E-state index in [1.54, 1.807) is 28.1 Å². The first-order chi connectivity index (χ1) is 23.0. The van der Waals surface area contributed by atoms with Gasteiger partial charge >= 0.3 is 11.9 Å². The van der Waals surface area contributed by atoms with Crippen LogP contribution in [0.3, 0.4) is 0 Å². The maximum absolute atomic E-state index is 12.1. The monoisotopic (exact) mass is 769 g/mol. The fourth-order valence-corrected chi connectivity index (χ4v) is 6.21. The summed E-state index contributed by atoms with van der Waals surface area (Å²) in [4.78, 5) is 23.7. The van der Waals surface area contributed by atoms with Crippen molar-refractivity contribution in [2.24, 2.45) is 0 Å². The van der Waals surface area contributed by atoms with E-state index in [4.69, 9.17) is 23.7 Å². The second-order valence-electron chi connectivity index (χ2n) is 12.1. The lowest BCUT2D eigenvalue weighted by Gasteiger charge is -2.20. The van der Waals surface area contributed by atoms with Crippen molar-refractivity contribution < 1.29 is 55.9 Å². The number of methoxy groups -OCH3 is 2. The van der Waals surface area contributed by atoms with Gasteiger partial charge in [-0.1, -0.05) is 68.6 Å². The molecule has 3 aromatic carbocycles. The molecule has 0 spiro atoms. The molecule has 3 aromatic rings. The van der Waals surface area contributed by atoms with Crippen LogP contribution in [-0.2, 0) is 47.8 Å². The maximum Gasteiger partial charge on any atom is 0.333 e. The van der Waals surface area contributed by atoms with E-state index in [9.17, 15) is 9.59 Å². The highest BCUT2D eigenvalue weighted by molar-refractivity contribution is 5.87. The highest BCUT2D eigenvalue weighted by atomic mass is 127. The van der Waals surface area contributed by atoms with Gasteiger partial charge in [0.15, 0.2) is 0 Å². The van der Waals surface area contributed by atoms with Crippen molar-refractivity contribution in [1.29, 1.82) is 0 Å². The Labute approximate surface area is 299 Å². The molecule has 3 rings (SSSR count). The molecule has 0 unspecified atom stereocenters. The number of aryl methyl sites for hydroxylation is 2. The molecule has 0 amide bonds. The predicted octanol–water partition coefficient (Wildman–Crippen LogP) is 4.38. The number of carbonyl (C=O) groups excluding carboxylic acids is 2. The van der Waals surface area contributed by atoms with Gasteiger partial charge in [0, 0.05) is 38.2 Å². The number of halogens is 1. The van der Waals surface area contributed by atoms with Crippen LogP contribution in [-0.4, -0.2) is 62.6 Å². The molecule has 7 nitrogen and oxygen atoms in total. The Morgan fingerprint density at radius 2 is 1.31 bits per heavy atom. The van der Waals surface area contributed by atoms with Crippen LogP contribution in [0.5, 0.6) is 5.75 Å². The van der Waals surface area contributed by atoms with E-state index in [1.807, 2.05) is 28.7 Å². The molecule has 0 saturated heterocycles. The highest BCUT2D eigenvalue weighted by Crippen LogP contribution is 2.33. The smallest absolute Gasteiger partial charge is 0.333 e. The van der Waals surface area contributed by atoms with Gasteiger partial charge in [0.05, 0.1) is 33.0 Å². The number of hydrogen-bond acceptors (Lipinski definition) is 7. The van der Waals surface area contributed by atoms with Crippen molar-refractivity contribution in [3.05, 3.63) is 102 Å². The summed E-state index contributed by atoms with van der Waals surface area (Å²) in [7, 11) is 3.40. The molecule has 0 saturated carbocycles. The van der Waals surface area contributed by atoms with Crippen LogP contribution in [0.1, 0.15) is 50.3 Å². The summed E-state index contributed by atoms with van der Waals surface area (Å²) < 4.78 is 27.7. The number of carbonyl (C=O) groups is 2. The third-order valence-electron chi connectivity index (χ3n) is 7.92. The lowest BCUT2D eigenvalue weighted by atomic mass is 9.92. The first-order valence-corrected chi connectivity index (χ1v) is 17.5. The summed E-state index contributed by atoms with van der Waals surface area (Å²) >= 11 is 2.04. The second kappa shape index (κ2) is 19.5. The average molecular weight is 770 g/mol. The van der Waals surface area contributed by atoms with E-state index in [1.165, 1.54) is 11.1 Å². The highest BCUT2D eigenvalue weighted by Gasteiger charge is 2.36. The number of ether oxygens (including phenoxy) is 5. The van der Waals surface area contributed by atoms with Crippen molar-refractivity contribution >= 4 is 11.9 Å². The zero-order chi connectivity index (χ0) is 35.1. The normalized spacial score (nSPS) is 11.2. The standard InChI is InChI=1S/C40H50IO7/c1-8-31-24-33(32-13-11-30(12-14-32)10-9-21-47-38(42)28(2)3)15-17-36(31)34-16-18-37(35(25-34)19-22-48-39(43)29(4)5)46-23-20-40(41,26-44-6)27-45-7/h11-18,24-25,41H,2,4,8-10,19-23,26-27H2,1,3,5-7H3/q+1. The van der Waals surface area contributed by atoms with Crippen LogP contribution in [0.25, 0.3) is 22.3 Å². The minimum Gasteiger partial charge on any atom is -0.493 e. The van der Waals surface area contributed by atoms with Crippen molar-refractivity contribution in [2.45, 2.75) is 56.3 Å². The Balaban J connectivity index is 1.79. The third-order valence-corrected chi connectivity index (χ3v) is 9.17. The Morgan fingerprint density at radius 1 is 0.729 bits per heavy atom. The molecular weight excluding hydrogens is 719 g/mol. The topological polar surface area (TPSA) is 80.3 Å². The number of alkyl halides is 1. The minimum absolute atomic E-state index is 0.157. The van der Waals surface area contributed by atoms with Crippen LogP contribution in [0.4, 0.5) is 0 Å². The predicted molar refractivity (Wildman–Crippen MR) is 188 cm³/mol. The van der Waals surface area contributed by atoms with E-state index >= 15 is 0 Å². The summed E-state index contributed by atoms with van der Waals surface area (Å²) in [5, 5.41) is 0. The van der Waals surface area contributed by atoms with Gasteiger partial charge in [-0.15, -0.1) is 0 Å². The molecular formula is C40H50IO7+. The molecule has 8 heteroatoms. The fourth-order valence-electron chi connectivity index (χ4n) is 5.29. The van der Waals surface area contributed by atoms with Gasteiger partial charge in [0.1, 0.15) is 5.75 Å². The maximum atomic E-state index is 12.1. The van der Waals surface area contributed by atoms with E-state index in [-0.39, 0.29) is 16.0 Å². The Bertz CT molecular complexity index is 1540. The van der Waals surface area contributed by atoms with Crippen molar-refractivity contribution in [3.63, 3.8) is 0 Å². The summed E-state index contributed by atoms with van der Waals surface area (Å²) in [6.45, 7) is 15.0. The zero-order valence-corrected chi connectivity index (χ0v) is 31.4. The number of rotatable bonds is 20. The van der Waals surface area contributed by atoms with Crippen molar-refractivity contribution in [1.82, 2.24) is 0 Å². The SMILES string of the molecule is C=C(C)C(=O)OCCCc1ccc(-c2ccc(-c3ccc(OCCC([IH+])(COC)COC)c(CCOC(=O)C(=C)C)c3)c(CC)c2)cc1. The van der Waals surface area contributed by atoms with Gasteiger partial charge in [-0.05, 0) is 84.2 Å². The molecule has 48 heavy (non-hydrogen) atoms. The van der Waals surface area contributed by atoms with Crippen molar-refractivity contribution in [3.8, 4) is 28.0 Å². The first kappa shape index (κ1) is 39.0. The lowest BCUT2D eigenvalue weighted by molar-refractivity contribution is -0.493. The van der Waals surface area contributed by atoms with E-state index in [2.05, 4.69) is 74.7 Å². The first-order valence-electron chi connectivity index (χ1n) is 16.3. The summed E-state index contributed by atoms with van der Waals surface area (Å²) in [6.07, 6.45) is 3.73. The van der Waals surface area contributed by atoms with Crippen LogP contribution < -0.4 is 27.3 Å². The van der Waals surface area contributed by atoms with E-state index in [0.29, 0.717) is 44.0 Å². The number of esters is 2. The molecule has 0 bridgehead atoms. The molecule has 0 aliphatic carbocycles. The number of hydrogen-bond donors (Lipinski definition) is 0. The summed E-state index contributed by atoms with van der Waals surface area (Å²) in [5.74, 6) is 0.0295. The van der Waals surface area contributed by atoms with Gasteiger partial charge in [0.2, 0.25) is 3.42 Å². The molecule has 0 atom stereocenters. The van der Waals surface area contributed by atoms with Gasteiger partial charge in [-0.3, -0.25) is 0 Å². The van der Waals surface area contributed by atoms with Crippen LogP contribution >= 0.6 is 0 Å². The van der Waals surface area contributed by atoms with Crippen LogP contribution in [0.2, 0.25) is 0 Å². The molecule has 0 aromatic heterocycles. The fraction of sp³-hybridized carbons (Fsp3) is 0.400. The van der Waals surface area contributed by atoms with Gasteiger partial charge in [-0.25, -0.2) is 9.59 Å². The average Bonchev–Trinajstić information content (AvgIpc) is 3.07. The Morgan fingerprint density at radius 3 is 1.92 bits per heavy atom.